The summed E-state index contributed by atoms with van der Waals surface area (Å²) in [4.78, 5) is 24.7. The number of anilines is 2. The summed E-state index contributed by atoms with van der Waals surface area (Å²) in [7, 11) is 0.834. The van der Waals surface area contributed by atoms with Gasteiger partial charge in [0, 0.05) is 27.9 Å². The second-order valence-corrected chi connectivity index (χ2v) is 14.8. The van der Waals surface area contributed by atoms with Crippen molar-refractivity contribution in [2.45, 2.75) is 38.7 Å². The molecule has 0 radical (unpaired) electrons. The number of nitrogens with zero attached hydrogens (tertiary/aromatic N) is 7. The first kappa shape index (κ1) is 24.1. The molecule has 1 aliphatic heterocycles. The van der Waals surface area contributed by atoms with Gasteiger partial charge in [0.1, 0.15) is 18.4 Å². The van der Waals surface area contributed by atoms with Crippen LogP contribution in [0, 0.1) is 5.82 Å². The number of hydrogen-bond acceptors (Lipinski definition) is 10. The highest BCUT2D eigenvalue weighted by molar-refractivity contribution is 6.76. The van der Waals surface area contributed by atoms with E-state index in [0.29, 0.717) is 19.2 Å². The SMILES string of the molecule is C[C@H](Nc1nc(Cl)nc(NC2=CN(C)CN2COCC[Si](C)(C)C)n1)c1ncc(F)cn1. The van der Waals surface area contributed by atoms with E-state index in [1.165, 1.54) is 0 Å². The van der Waals surface area contributed by atoms with Gasteiger partial charge in [-0.05, 0) is 24.6 Å². The van der Waals surface area contributed by atoms with Crippen molar-refractivity contribution >= 4 is 31.6 Å². The van der Waals surface area contributed by atoms with Gasteiger partial charge in [0.2, 0.25) is 17.2 Å². The molecule has 0 spiro atoms. The Hall–Kier alpha value is -2.57. The van der Waals surface area contributed by atoms with Crippen LogP contribution in [-0.2, 0) is 4.74 Å². The maximum atomic E-state index is 13.1. The van der Waals surface area contributed by atoms with Crippen LogP contribution < -0.4 is 10.6 Å². The molecule has 174 valence electrons. The lowest BCUT2D eigenvalue weighted by molar-refractivity contribution is 0.0489. The van der Waals surface area contributed by atoms with Crippen molar-refractivity contribution in [3.63, 3.8) is 0 Å². The van der Waals surface area contributed by atoms with Gasteiger partial charge in [0.15, 0.2) is 5.82 Å². The molecule has 2 aromatic rings. The number of nitrogens with one attached hydrogen (secondary N) is 2. The molecule has 0 bridgehead atoms. The van der Waals surface area contributed by atoms with E-state index in [1.807, 2.05) is 30.0 Å². The van der Waals surface area contributed by atoms with Crippen LogP contribution in [-0.4, -0.2) is 69.8 Å². The minimum absolute atomic E-state index is 0.0297. The summed E-state index contributed by atoms with van der Waals surface area (Å²) >= 11 is 6.11. The van der Waals surface area contributed by atoms with Gasteiger partial charge in [-0.15, -0.1) is 0 Å². The second-order valence-electron chi connectivity index (χ2n) is 8.80. The van der Waals surface area contributed by atoms with Crippen molar-refractivity contribution in [2.75, 3.05) is 37.7 Å². The molecule has 0 unspecified atom stereocenters. The summed E-state index contributed by atoms with van der Waals surface area (Å²) in [6, 6.07) is 0.743. The molecular weight excluding hydrogens is 453 g/mol. The Morgan fingerprint density at radius 2 is 1.88 bits per heavy atom. The Morgan fingerprint density at radius 3 is 2.56 bits per heavy atom. The summed E-state index contributed by atoms with van der Waals surface area (Å²) in [5.41, 5.74) is 0. The predicted molar refractivity (Wildman–Crippen MR) is 124 cm³/mol. The third-order valence-electron chi connectivity index (χ3n) is 4.54. The molecule has 1 aliphatic rings. The predicted octanol–water partition coefficient (Wildman–Crippen LogP) is 3.36. The van der Waals surface area contributed by atoms with Gasteiger partial charge in [-0.25, -0.2) is 14.4 Å². The highest BCUT2D eigenvalue weighted by Crippen LogP contribution is 2.20. The van der Waals surface area contributed by atoms with Gasteiger partial charge in [0.25, 0.3) is 0 Å². The summed E-state index contributed by atoms with van der Waals surface area (Å²) in [5.74, 6) is 1.23. The quantitative estimate of drug-likeness (QED) is 0.387. The van der Waals surface area contributed by atoms with Crippen LogP contribution in [0.1, 0.15) is 18.8 Å². The minimum atomic E-state index is -1.14. The molecule has 13 heteroatoms. The number of ether oxygens (including phenoxy) is 1. The van der Waals surface area contributed by atoms with E-state index in [-0.39, 0.29) is 23.2 Å². The molecule has 3 rings (SSSR count). The molecule has 32 heavy (non-hydrogen) atoms. The van der Waals surface area contributed by atoms with Crippen LogP contribution >= 0.6 is 11.6 Å². The van der Waals surface area contributed by atoms with Crippen molar-refractivity contribution in [2.24, 2.45) is 0 Å². The number of aromatic nitrogens is 5. The van der Waals surface area contributed by atoms with E-state index in [2.05, 4.69) is 55.2 Å². The zero-order chi connectivity index (χ0) is 23.3. The van der Waals surface area contributed by atoms with Crippen molar-refractivity contribution in [3.8, 4) is 0 Å². The van der Waals surface area contributed by atoms with Crippen LogP contribution in [0.4, 0.5) is 16.3 Å². The van der Waals surface area contributed by atoms with Gasteiger partial charge >= 0.3 is 0 Å². The Labute approximate surface area is 193 Å². The largest absolute Gasteiger partial charge is 0.361 e. The fraction of sp³-hybridized carbons (Fsp3) is 0.526. The molecule has 2 N–H and O–H groups in total. The first-order chi connectivity index (χ1) is 15.1. The van der Waals surface area contributed by atoms with E-state index < -0.39 is 13.9 Å². The molecule has 3 heterocycles. The topological polar surface area (TPSA) is 104 Å². The Bertz CT molecular complexity index is 941. The number of rotatable bonds is 10. The van der Waals surface area contributed by atoms with Gasteiger partial charge in [-0.1, -0.05) is 19.6 Å². The van der Waals surface area contributed by atoms with Crippen LogP contribution in [0.25, 0.3) is 0 Å². The van der Waals surface area contributed by atoms with Crippen molar-refractivity contribution in [1.82, 2.24) is 34.7 Å². The number of hydrogen-bond donors (Lipinski definition) is 2. The van der Waals surface area contributed by atoms with Gasteiger partial charge < -0.3 is 25.2 Å². The maximum absolute atomic E-state index is 13.1. The normalized spacial score (nSPS) is 15.0. The average Bonchev–Trinajstić information content (AvgIpc) is 3.03. The smallest absolute Gasteiger partial charge is 0.234 e. The second kappa shape index (κ2) is 10.4. The van der Waals surface area contributed by atoms with E-state index in [1.54, 1.807) is 0 Å². The van der Waals surface area contributed by atoms with Gasteiger partial charge in [0.05, 0.1) is 25.1 Å². The first-order valence-corrected chi connectivity index (χ1v) is 14.3. The Morgan fingerprint density at radius 1 is 1.19 bits per heavy atom. The molecule has 0 fully saturated rings. The standard InChI is InChI=1S/C19H29ClFN9OSi/c1-13(16-22-8-14(21)9-23-16)24-18-26-17(20)27-19(28-18)25-15-10-29(2)11-30(15)12-31-6-7-32(3,4)5/h8-10,13H,6-7,11-12H2,1-5H3,(H2,24,25,26,27,28)/t13-/m0/s1. The third kappa shape index (κ3) is 7.24. The molecule has 2 aromatic heterocycles. The molecule has 0 aromatic carbocycles. The lowest BCUT2D eigenvalue weighted by atomic mass is 10.3. The van der Waals surface area contributed by atoms with E-state index in [9.17, 15) is 4.39 Å². The zero-order valence-electron chi connectivity index (χ0n) is 18.9. The van der Waals surface area contributed by atoms with Crippen LogP contribution in [0.2, 0.25) is 31.0 Å². The molecular formula is C19H29ClFN9OSi. The van der Waals surface area contributed by atoms with Gasteiger partial charge in [-0.2, -0.15) is 15.0 Å². The van der Waals surface area contributed by atoms with Crippen molar-refractivity contribution in [3.05, 3.63) is 41.3 Å². The first-order valence-electron chi connectivity index (χ1n) is 10.3. The molecule has 0 saturated heterocycles. The highest BCUT2D eigenvalue weighted by atomic mass is 35.5. The summed E-state index contributed by atoms with van der Waals surface area (Å²) in [6.07, 6.45) is 4.16. The highest BCUT2D eigenvalue weighted by Gasteiger charge is 2.21. The third-order valence-corrected chi connectivity index (χ3v) is 6.42. The molecule has 1 atom stereocenters. The fourth-order valence-electron chi connectivity index (χ4n) is 2.84. The van der Waals surface area contributed by atoms with Crippen LogP contribution in [0.15, 0.2) is 24.4 Å². The van der Waals surface area contributed by atoms with Crippen LogP contribution in [0.5, 0.6) is 0 Å². The average molecular weight is 482 g/mol. The van der Waals surface area contributed by atoms with Gasteiger partial charge in [-0.3, -0.25) is 0 Å². The fourth-order valence-corrected chi connectivity index (χ4v) is 3.76. The zero-order valence-corrected chi connectivity index (χ0v) is 20.7. The molecule has 0 saturated carbocycles. The Balaban J connectivity index is 1.63. The summed E-state index contributed by atoms with van der Waals surface area (Å²) < 4.78 is 19.0. The van der Waals surface area contributed by atoms with Crippen molar-refractivity contribution in [1.29, 1.82) is 0 Å². The lowest BCUT2D eigenvalue weighted by Crippen LogP contribution is -2.31. The molecule has 0 aliphatic carbocycles. The summed E-state index contributed by atoms with van der Waals surface area (Å²) in [6.45, 7) is 10.7. The van der Waals surface area contributed by atoms with Crippen LogP contribution in [0.3, 0.4) is 0 Å². The molecule has 0 amide bonds. The maximum Gasteiger partial charge on any atom is 0.234 e. The Kier molecular flexibility index (Phi) is 7.80. The minimum Gasteiger partial charge on any atom is -0.361 e. The summed E-state index contributed by atoms with van der Waals surface area (Å²) in [5, 5.41) is 6.28. The van der Waals surface area contributed by atoms with E-state index >= 15 is 0 Å². The van der Waals surface area contributed by atoms with E-state index in [0.717, 1.165) is 30.9 Å². The monoisotopic (exact) mass is 481 g/mol. The number of halogens is 2. The van der Waals surface area contributed by atoms with Crippen molar-refractivity contribution < 1.29 is 9.13 Å². The van der Waals surface area contributed by atoms with E-state index in [4.69, 9.17) is 16.3 Å². The molecule has 10 nitrogen and oxygen atoms in total. The lowest BCUT2D eigenvalue weighted by Gasteiger charge is -2.23.